The van der Waals surface area contributed by atoms with Crippen LogP contribution in [0.2, 0.25) is 0 Å². The van der Waals surface area contributed by atoms with Crippen molar-refractivity contribution in [1.82, 2.24) is 4.90 Å². The van der Waals surface area contributed by atoms with Crippen molar-refractivity contribution >= 4 is 21.7 Å². The van der Waals surface area contributed by atoms with Crippen LogP contribution in [-0.4, -0.2) is 58.6 Å². The normalized spacial score (nSPS) is 36.1. The Morgan fingerprint density at radius 3 is 3.07 bits per heavy atom. The van der Waals surface area contributed by atoms with Gasteiger partial charge in [-0.2, -0.15) is 0 Å². The van der Waals surface area contributed by atoms with E-state index in [4.69, 9.17) is 9.47 Å². The Morgan fingerprint density at radius 2 is 2.30 bits per heavy atom. The van der Waals surface area contributed by atoms with E-state index in [1.54, 1.807) is 0 Å². The van der Waals surface area contributed by atoms with Crippen molar-refractivity contribution in [3.8, 4) is 11.5 Å². The minimum Gasteiger partial charge on any atom is -0.489 e. The molecule has 1 aromatic carbocycles. The molecule has 2 aliphatic carbocycles. The van der Waals surface area contributed by atoms with Crippen LogP contribution in [0.15, 0.2) is 24.8 Å². The second-order valence-electron chi connectivity index (χ2n) is 8.08. The number of alkyl halides is 1. The summed E-state index contributed by atoms with van der Waals surface area (Å²) in [6.07, 6.45) is 3.63. The van der Waals surface area contributed by atoms with Gasteiger partial charge < -0.3 is 14.6 Å². The largest absolute Gasteiger partial charge is 0.489 e. The summed E-state index contributed by atoms with van der Waals surface area (Å²) >= 11 is 3.39. The fraction of sp³-hybridized carbons (Fsp3) is 0.571. The molecule has 6 heteroatoms. The molecule has 27 heavy (non-hydrogen) atoms. The molecule has 0 unspecified atom stereocenters. The van der Waals surface area contributed by atoms with Crippen molar-refractivity contribution in [1.29, 1.82) is 0 Å². The minimum atomic E-state index is -0.959. The van der Waals surface area contributed by atoms with E-state index in [0.717, 1.165) is 30.4 Å². The summed E-state index contributed by atoms with van der Waals surface area (Å²) in [6, 6.07) is 4.03. The van der Waals surface area contributed by atoms with Crippen LogP contribution < -0.4 is 9.47 Å². The molecule has 1 aromatic rings. The zero-order valence-corrected chi connectivity index (χ0v) is 16.8. The quantitative estimate of drug-likeness (QED) is 0.570. The molecule has 4 aliphatic rings. The third-order valence-corrected chi connectivity index (χ3v) is 7.38. The van der Waals surface area contributed by atoms with E-state index in [2.05, 4.69) is 33.5 Å². The van der Waals surface area contributed by atoms with Crippen molar-refractivity contribution in [3.63, 3.8) is 0 Å². The number of nitrogens with zero attached hydrogens (tertiary/aromatic N) is 1. The van der Waals surface area contributed by atoms with Gasteiger partial charge in [0.05, 0.1) is 17.6 Å². The van der Waals surface area contributed by atoms with E-state index in [1.807, 2.05) is 12.1 Å². The van der Waals surface area contributed by atoms with Gasteiger partial charge in [-0.3, -0.25) is 9.69 Å². The Balaban J connectivity index is 1.72. The predicted octanol–water partition coefficient (Wildman–Crippen LogP) is 2.37. The summed E-state index contributed by atoms with van der Waals surface area (Å²) in [5, 5.41) is 12.8. The summed E-state index contributed by atoms with van der Waals surface area (Å²) in [5.41, 5.74) is 0.599. The third-order valence-electron chi connectivity index (χ3n) is 7.05. The lowest BCUT2D eigenvalue weighted by molar-refractivity contribution is -0.187. The van der Waals surface area contributed by atoms with Gasteiger partial charge in [0.2, 0.25) is 0 Å². The summed E-state index contributed by atoms with van der Waals surface area (Å²) in [6.45, 7) is 5.99. The maximum Gasteiger partial charge on any atom is 0.174 e. The lowest BCUT2D eigenvalue weighted by Gasteiger charge is -2.62. The first-order chi connectivity index (χ1) is 13.1. The first kappa shape index (κ1) is 17.7. The van der Waals surface area contributed by atoms with E-state index < -0.39 is 17.1 Å². The molecule has 0 radical (unpaired) electrons. The van der Waals surface area contributed by atoms with E-state index in [1.165, 1.54) is 5.56 Å². The van der Waals surface area contributed by atoms with Gasteiger partial charge in [-0.15, -0.1) is 6.58 Å². The van der Waals surface area contributed by atoms with Crippen LogP contribution in [0.5, 0.6) is 11.5 Å². The molecule has 1 saturated heterocycles. The molecular formula is C21H24BrNO4. The molecular weight excluding hydrogens is 410 g/mol. The van der Waals surface area contributed by atoms with Crippen LogP contribution in [0, 0.1) is 0 Å². The summed E-state index contributed by atoms with van der Waals surface area (Å²) in [4.78, 5) is 15.2. The molecule has 0 amide bonds. The van der Waals surface area contributed by atoms with Gasteiger partial charge in [0.25, 0.3) is 0 Å². The predicted molar refractivity (Wildman–Crippen MR) is 105 cm³/mol. The molecule has 4 atom stereocenters. The van der Waals surface area contributed by atoms with Crippen molar-refractivity contribution in [3.05, 3.63) is 35.9 Å². The highest BCUT2D eigenvalue weighted by Gasteiger charge is 2.73. The SMILES string of the molecule is C=CCN1CC[C@]23c4c5ccc(OCCBr)c4O[C@H]2C(=O)CC[C@@]3(O)[C@H]1C5. The molecule has 2 aliphatic heterocycles. The van der Waals surface area contributed by atoms with E-state index in [0.29, 0.717) is 37.4 Å². The van der Waals surface area contributed by atoms with Crippen molar-refractivity contribution in [2.75, 3.05) is 25.0 Å². The number of piperidine rings is 1. The van der Waals surface area contributed by atoms with Crippen molar-refractivity contribution < 1.29 is 19.4 Å². The standard InChI is InChI=1S/C21H24BrNO4/c1-2-9-23-10-7-20-17-13-3-4-15(26-11-8-22)18(17)27-19(20)14(24)5-6-21(20,25)16(23)12-13/h2-4,16,19,25H,1,5-12H2/t16-,19+,20+,21-/m1/s1. The number of halogens is 1. The molecule has 2 heterocycles. The number of carbonyl (C=O) groups excluding carboxylic acids is 1. The maximum atomic E-state index is 12.9. The number of benzene rings is 1. The fourth-order valence-electron chi connectivity index (χ4n) is 6.05. The molecule has 1 N–H and O–H groups in total. The second-order valence-corrected chi connectivity index (χ2v) is 8.87. The third kappa shape index (κ3) is 2.09. The van der Waals surface area contributed by atoms with E-state index >= 15 is 0 Å². The smallest absolute Gasteiger partial charge is 0.174 e. The number of rotatable bonds is 5. The van der Waals surface area contributed by atoms with Gasteiger partial charge in [-0.25, -0.2) is 0 Å². The molecule has 144 valence electrons. The van der Waals surface area contributed by atoms with Crippen LogP contribution >= 0.6 is 15.9 Å². The van der Waals surface area contributed by atoms with Crippen LogP contribution in [0.1, 0.15) is 30.4 Å². The average molecular weight is 434 g/mol. The monoisotopic (exact) mass is 433 g/mol. The Labute approximate surface area is 167 Å². The van der Waals surface area contributed by atoms with Crippen LogP contribution in [0.3, 0.4) is 0 Å². The molecule has 1 spiro atoms. The number of hydrogen-bond acceptors (Lipinski definition) is 5. The lowest BCUT2D eigenvalue weighted by Crippen LogP contribution is -2.76. The number of ketones is 1. The maximum absolute atomic E-state index is 12.9. The Bertz CT molecular complexity index is 827. The van der Waals surface area contributed by atoms with Gasteiger partial charge in [-0.05, 0) is 30.9 Å². The number of aliphatic hydroxyl groups is 1. The number of likely N-dealkylation sites (tertiary alicyclic amines) is 1. The Morgan fingerprint density at radius 1 is 1.44 bits per heavy atom. The number of ether oxygens (including phenoxy) is 2. The summed E-state index contributed by atoms with van der Waals surface area (Å²) < 4.78 is 12.2. The molecule has 0 aromatic heterocycles. The zero-order chi connectivity index (χ0) is 18.8. The van der Waals surface area contributed by atoms with E-state index in [9.17, 15) is 9.90 Å². The first-order valence-corrected chi connectivity index (χ1v) is 10.8. The lowest BCUT2D eigenvalue weighted by atomic mass is 9.49. The van der Waals surface area contributed by atoms with Crippen LogP contribution in [-0.2, 0) is 16.6 Å². The van der Waals surface area contributed by atoms with Gasteiger partial charge in [0.1, 0.15) is 0 Å². The minimum absolute atomic E-state index is 0.0174. The van der Waals surface area contributed by atoms with Gasteiger partial charge in [-0.1, -0.05) is 28.1 Å². The van der Waals surface area contributed by atoms with E-state index in [-0.39, 0.29) is 11.8 Å². The highest BCUT2D eigenvalue weighted by Crippen LogP contribution is 2.64. The summed E-state index contributed by atoms with van der Waals surface area (Å²) in [5.74, 6) is 1.47. The Kier molecular flexibility index (Phi) is 3.98. The number of Topliss-reactive ketones (excluding diaryl/α,β-unsaturated/α-hetero) is 1. The van der Waals surface area contributed by atoms with Crippen LogP contribution in [0.4, 0.5) is 0 Å². The second kappa shape index (κ2) is 6.06. The van der Waals surface area contributed by atoms with Crippen molar-refractivity contribution in [2.24, 2.45) is 0 Å². The number of carbonyl (C=O) groups is 1. The van der Waals surface area contributed by atoms with Gasteiger partial charge in [0.15, 0.2) is 23.4 Å². The zero-order valence-electron chi connectivity index (χ0n) is 15.2. The van der Waals surface area contributed by atoms with Crippen LogP contribution in [0.25, 0.3) is 0 Å². The molecule has 2 bridgehead atoms. The average Bonchev–Trinajstić information content (AvgIpc) is 3.01. The molecule has 2 fully saturated rings. The van der Waals surface area contributed by atoms with Gasteiger partial charge >= 0.3 is 0 Å². The number of hydrogen-bond donors (Lipinski definition) is 1. The summed E-state index contributed by atoms with van der Waals surface area (Å²) in [7, 11) is 0. The van der Waals surface area contributed by atoms with Gasteiger partial charge in [0, 0.05) is 36.4 Å². The fourth-order valence-corrected chi connectivity index (χ4v) is 6.21. The first-order valence-electron chi connectivity index (χ1n) is 9.68. The van der Waals surface area contributed by atoms with Crippen molar-refractivity contribution in [2.45, 2.75) is 48.8 Å². The molecule has 5 nitrogen and oxygen atoms in total. The Hall–Kier alpha value is -1.37. The highest BCUT2D eigenvalue weighted by atomic mass is 79.9. The topological polar surface area (TPSA) is 59.0 Å². The molecule has 1 saturated carbocycles. The molecule has 5 rings (SSSR count). The highest BCUT2D eigenvalue weighted by molar-refractivity contribution is 9.09.